The highest BCUT2D eigenvalue weighted by molar-refractivity contribution is 5.75. The van der Waals surface area contributed by atoms with Crippen LogP contribution in [0.15, 0.2) is 11.0 Å². The second kappa shape index (κ2) is 5.01. The third kappa shape index (κ3) is 2.18. The van der Waals surface area contributed by atoms with E-state index in [2.05, 4.69) is 5.10 Å². The first-order valence-corrected chi connectivity index (χ1v) is 5.62. The maximum atomic E-state index is 11.9. The Morgan fingerprint density at radius 1 is 1.44 bits per heavy atom. The van der Waals surface area contributed by atoms with Gasteiger partial charge < -0.3 is 4.90 Å². The molecule has 1 rings (SSSR count). The van der Waals surface area contributed by atoms with E-state index in [0.29, 0.717) is 18.7 Å². The van der Waals surface area contributed by atoms with Crippen LogP contribution < -0.4 is 5.56 Å². The van der Waals surface area contributed by atoms with E-state index in [9.17, 15) is 9.59 Å². The summed E-state index contributed by atoms with van der Waals surface area (Å²) in [5.41, 5.74) is 0.396. The average molecular weight is 225 g/mol. The maximum absolute atomic E-state index is 11.9. The number of aromatic nitrogens is 2. The van der Waals surface area contributed by atoms with Gasteiger partial charge in [0.25, 0.3) is 5.56 Å². The summed E-state index contributed by atoms with van der Waals surface area (Å²) in [7, 11) is 0. The summed E-state index contributed by atoms with van der Waals surface area (Å²) in [4.78, 5) is 25.4. The summed E-state index contributed by atoms with van der Waals surface area (Å²) in [6, 6.07) is -0.290. The van der Waals surface area contributed by atoms with Crippen LogP contribution in [0.3, 0.4) is 0 Å². The van der Waals surface area contributed by atoms with Crippen molar-refractivity contribution in [2.24, 2.45) is 0 Å². The fourth-order valence-corrected chi connectivity index (χ4v) is 1.57. The fourth-order valence-electron chi connectivity index (χ4n) is 1.57. The second-order valence-electron chi connectivity index (χ2n) is 3.98. The van der Waals surface area contributed by atoms with Crippen LogP contribution in [0.4, 0.5) is 4.79 Å². The molecule has 5 nitrogen and oxygen atoms in total. The van der Waals surface area contributed by atoms with Crippen LogP contribution in [0.2, 0.25) is 0 Å². The Morgan fingerprint density at radius 3 is 2.38 bits per heavy atom. The molecule has 0 aromatic carbocycles. The molecule has 0 aliphatic rings. The minimum absolute atomic E-state index is 0.120. The van der Waals surface area contributed by atoms with Crippen LogP contribution in [0, 0.1) is 0 Å². The van der Waals surface area contributed by atoms with E-state index in [4.69, 9.17) is 0 Å². The van der Waals surface area contributed by atoms with Gasteiger partial charge in [0.1, 0.15) is 0 Å². The van der Waals surface area contributed by atoms with E-state index in [1.165, 1.54) is 0 Å². The number of rotatable bonds is 3. The molecule has 1 amide bonds. The van der Waals surface area contributed by atoms with Crippen molar-refractivity contribution in [2.45, 2.75) is 33.6 Å². The molecular formula is C11H19N3O2. The van der Waals surface area contributed by atoms with Gasteiger partial charge in [-0.05, 0) is 19.8 Å². The third-order valence-corrected chi connectivity index (χ3v) is 2.65. The topological polar surface area (TPSA) is 58.1 Å². The maximum Gasteiger partial charge on any atom is 0.346 e. The molecular weight excluding hydrogens is 206 g/mol. The molecule has 0 saturated carbocycles. The van der Waals surface area contributed by atoms with E-state index in [1.54, 1.807) is 11.1 Å². The van der Waals surface area contributed by atoms with E-state index in [0.717, 1.165) is 4.68 Å². The zero-order valence-corrected chi connectivity index (χ0v) is 10.3. The zero-order valence-electron chi connectivity index (χ0n) is 10.3. The molecule has 0 fully saturated rings. The lowest BCUT2D eigenvalue weighted by molar-refractivity contribution is 0.201. The zero-order chi connectivity index (χ0) is 12.3. The Labute approximate surface area is 95.0 Å². The number of hydrogen-bond acceptors (Lipinski definition) is 2. The lowest BCUT2D eigenvalue weighted by Crippen LogP contribution is -2.39. The van der Waals surface area contributed by atoms with Gasteiger partial charge in [-0.25, -0.2) is 4.79 Å². The van der Waals surface area contributed by atoms with Gasteiger partial charge in [0.05, 0.1) is 0 Å². The average Bonchev–Trinajstić information content (AvgIpc) is 2.61. The molecule has 1 heterocycles. The molecule has 1 N–H and O–H groups in total. The SMILES string of the molecule is CCN(CC)C(=O)n1[nH]cc(C(C)C)c1=O. The number of nitrogens with one attached hydrogen (secondary N) is 1. The van der Waals surface area contributed by atoms with Crippen molar-refractivity contribution in [3.63, 3.8) is 0 Å². The monoisotopic (exact) mass is 225 g/mol. The van der Waals surface area contributed by atoms with E-state index in [1.807, 2.05) is 27.7 Å². The molecule has 1 aromatic heterocycles. The summed E-state index contributed by atoms with van der Waals surface area (Å²) in [5.74, 6) is 0.120. The van der Waals surface area contributed by atoms with Crippen molar-refractivity contribution >= 4 is 6.03 Å². The molecule has 0 unspecified atom stereocenters. The highest BCUT2D eigenvalue weighted by atomic mass is 16.2. The molecule has 1 aromatic rings. The second-order valence-corrected chi connectivity index (χ2v) is 3.98. The minimum Gasteiger partial charge on any atom is -0.323 e. The van der Waals surface area contributed by atoms with E-state index in [-0.39, 0.29) is 17.5 Å². The molecule has 0 bridgehead atoms. The number of hydrogen-bond donors (Lipinski definition) is 1. The van der Waals surface area contributed by atoms with Crippen LogP contribution in [0.5, 0.6) is 0 Å². The molecule has 0 aliphatic heterocycles. The Morgan fingerprint density at radius 2 is 2.00 bits per heavy atom. The van der Waals surface area contributed by atoms with Gasteiger partial charge in [-0.15, -0.1) is 0 Å². The number of carbonyl (C=O) groups is 1. The van der Waals surface area contributed by atoms with Gasteiger partial charge in [0.2, 0.25) is 0 Å². The normalized spacial score (nSPS) is 10.8. The smallest absolute Gasteiger partial charge is 0.323 e. The van der Waals surface area contributed by atoms with Crippen molar-refractivity contribution in [1.29, 1.82) is 0 Å². The predicted octanol–water partition coefficient (Wildman–Crippen LogP) is 1.61. The standard InChI is InChI=1S/C11H19N3O2/c1-5-13(6-2)11(16)14-10(15)9(7-12-14)8(3)4/h7-8,12H,5-6H2,1-4H3. The van der Waals surface area contributed by atoms with E-state index < -0.39 is 0 Å². The molecule has 5 heteroatoms. The molecule has 16 heavy (non-hydrogen) atoms. The van der Waals surface area contributed by atoms with Gasteiger partial charge in [0, 0.05) is 24.8 Å². The Hall–Kier alpha value is -1.52. The van der Waals surface area contributed by atoms with Gasteiger partial charge in [-0.3, -0.25) is 9.89 Å². The van der Waals surface area contributed by atoms with Crippen molar-refractivity contribution in [3.05, 3.63) is 22.1 Å². The summed E-state index contributed by atoms with van der Waals surface area (Å²) < 4.78 is 1.07. The Kier molecular flexibility index (Phi) is 3.93. The lowest BCUT2D eigenvalue weighted by Gasteiger charge is -2.17. The molecule has 0 atom stereocenters. The first-order valence-electron chi connectivity index (χ1n) is 5.62. The first-order chi connectivity index (χ1) is 7.52. The van der Waals surface area contributed by atoms with Gasteiger partial charge >= 0.3 is 6.03 Å². The molecule has 0 spiro atoms. The summed E-state index contributed by atoms with van der Waals surface area (Å²) >= 11 is 0. The Bertz CT molecular complexity index is 413. The van der Waals surface area contributed by atoms with Crippen molar-refractivity contribution in [1.82, 2.24) is 14.7 Å². The summed E-state index contributed by atoms with van der Waals surface area (Å²) in [6.07, 6.45) is 1.61. The summed E-state index contributed by atoms with van der Waals surface area (Å²) in [5, 5.41) is 2.72. The molecule has 0 saturated heterocycles. The lowest BCUT2D eigenvalue weighted by atomic mass is 10.1. The third-order valence-electron chi connectivity index (χ3n) is 2.65. The van der Waals surface area contributed by atoms with Gasteiger partial charge in [0.15, 0.2) is 0 Å². The van der Waals surface area contributed by atoms with Crippen molar-refractivity contribution in [2.75, 3.05) is 13.1 Å². The quantitative estimate of drug-likeness (QED) is 0.849. The van der Waals surface area contributed by atoms with Gasteiger partial charge in [-0.2, -0.15) is 4.68 Å². The molecule has 0 aliphatic carbocycles. The van der Waals surface area contributed by atoms with Crippen molar-refractivity contribution < 1.29 is 4.79 Å². The van der Waals surface area contributed by atoms with Crippen LogP contribution in [-0.4, -0.2) is 33.8 Å². The number of nitrogens with zero attached hydrogens (tertiary/aromatic N) is 2. The largest absolute Gasteiger partial charge is 0.346 e. The number of H-pyrrole nitrogens is 1. The summed E-state index contributed by atoms with van der Waals surface area (Å²) in [6.45, 7) is 8.82. The van der Waals surface area contributed by atoms with Crippen molar-refractivity contribution in [3.8, 4) is 0 Å². The predicted molar refractivity (Wildman–Crippen MR) is 62.9 cm³/mol. The van der Waals surface area contributed by atoms with Crippen LogP contribution in [-0.2, 0) is 0 Å². The van der Waals surface area contributed by atoms with Gasteiger partial charge in [-0.1, -0.05) is 13.8 Å². The highest BCUT2D eigenvalue weighted by Crippen LogP contribution is 2.07. The van der Waals surface area contributed by atoms with Crippen LogP contribution in [0.1, 0.15) is 39.2 Å². The Balaban J connectivity index is 3.06. The number of carbonyl (C=O) groups excluding carboxylic acids is 1. The van der Waals surface area contributed by atoms with E-state index >= 15 is 0 Å². The fraction of sp³-hybridized carbons (Fsp3) is 0.636. The highest BCUT2D eigenvalue weighted by Gasteiger charge is 2.18. The number of aromatic amines is 1. The molecule has 0 radical (unpaired) electrons. The van der Waals surface area contributed by atoms with Crippen LogP contribution in [0.25, 0.3) is 0 Å². The molecule has 90 valence electrons. The number of amides is 1. The van der Waals surface area contributed by atoms with Crippen LogP contribution >= 0.6 is 0 Å². The first kappa shape index (κ1) is 12.5. The minimum atomic E-state index is -0.290.